The van der Waals surface area contributed by atoms with Gasteiger partial charge in [0.2, 0.25) is 5.91 Å². The first kappa shape index (κ1) is 20.0. The number of nitrogens with zero attached hydrogens (tertiary/aromatic N) is 2. The number of carbonyl (C=O) groups excluding carboxylic acids is 1. The van der Waals surface area contributed by atoms with E-state index in [1.807, 2.05) is 24.3 Å². The lowest BCUT2D eigenvalue weighted by Gasteiger charge is -2.28. The van der Waals surface area contributed by atoms with Gasteiger partial charge in [0, 0.05) is 43.4 Å². The minimum atomic E-state index is -0.726. The summed E-state index contributed by atoms with van der Waals surface area (Å²) in [6.07, 6.45) is 1.80. The van der Waals surface area contributed by atoms with Crippen LogP contribution >= 0.6 is 0 Å². The topological polar surface area (TPSA) is 67.6 Å². The van der Waals surface area contributed by atoms with Crippen LogP contribution in [0.5, 0.6) is 0 Å². The summed E-state index contributed by atoms with van der Waals surface area (Å²) in [5.74, 6) is -1.06. The number of carbonyl (C=O) groups is 1. The van der Waals surface area contributed by atoms with Crippen LogP contribution in [0.3, 0.4) is 0 Å². The van der Waals surface area contributed by atoms with Gasteiger partial charge in [-0.05, 0) is 36.4 Å². The lowest BCUT2D eigenvalue weighted by atomic mass is 10.2. The number of rotatable bonds is 6. The van der Waals surface area contributed by atoms with E-state index in [9.17, 15) is 13.6 Å². The molecule has 0 atom stereocenters. The molecule has 30 heavy (non-hydrogen) atoms. The predicted molar refractivity (Wildman–Crippen MR) is 108 cm³/mol. The normalized spacial score (nSPS) is 14.0. The third-order valence-electron chi connectivity index (χ3n) is 4.84. The summed E-state index contributed by atoms with van der Waals surface area (Å²) in [7, 11) is 0. The van der Waals surface area contributed by atoms with Crippen LogP contribution in [0, 0.1) is 11.6 Å². The van der Waals surface area contributed by atoms with Crippen molar-refractivity contribution in [3.63, 3.8) is 0 Å². The van der Waals surface area contributed by atoms with Crippen LogP contribution in [0.25, 0.3) is 11.3 Å². The van der Waals surface area contributed by atoms with Gasteiger partial charge in [0.15, 0.2) is 11.7 Å². The SMILES string of the molecule is O=C(CCc1ncc(-c2ccc(F)cc2F)o1)Nc1ccc(N2CCOCC2)cc1. The Morgan fingerprint density at radius 1 is 1.10 bits per heavy atom. The molecule has 0 saturated carbocycles. The smallest absolute Gasteiger partial charge is 0.224 e. The number of oxazole rings is 1. The molecule has 8 heteroatoms. The molecule has 1 aliphatic rings. The highest BCUT2D eigenvalue weighted by atomic mass is 19.1. The molecule has 1 N–H and O–H groups in total. The number of ether oxygens (including phenoxy) is 1. The van der Waals surface area contributed by atoms with Crippen molar-refractivity contribution >= 4 is 17.3 Å². The van der Waals surface area contributed by atoms with Gasteiger partial charge in [0.25, 0.3) is 0 Å². The average molecular weight is 413 g/mol. The minimum Gasteiger partial charge on any atom is -0.441 e. The quantitative estimate of drug-likeness (QED) is 0.661. The monoisotopic (exact) mass is 413 g/mol. The zero-order chi connectivity index (χ0) is 20.9. The molecule has 6 nitrogen and oxygen atoms in total. The first-order chi connectivity index (χ1) is 14.6. The molecule has 0 radical (unpaired) electrons. The van der Waals surface area contributed by atoms with Crippen LogP contribution in [0.2, 0.25) is 0 Å². The van der Waals surface area contributed by atoms with Crippen molar-refractivity contribution in [3.05, 3.63) is 66.2 Å². The van der Waals surface area contributed by atoms with Crippen molar-refractivity contribution in [2.75, 3.05) is 36.5 Å². The van der Waals surface area contributed by atoms with E-state index in [0.717, 1.165) is 44.1 Å². The number of aryl methyl sites for hydroxylation is 1. The van der Waals surface area contributed by atoms with E-state index in [0.29, 0.717) is 11.6 Å². The van der Waals surface area contributed by atoms with E-state index in [2.05, 4.69) is 15.2 Å². The molecular weight excluding hydrogens is 392 g/mol. The zero-order valence-corrected chi connectivity index (χ0v) is 16.2. The highest BCUT2D eigenvalue weighted by molar-refractivity contribution is 5.91. The van der Waals surface area contributed by atoms with Crippen molar-refractivity contribution in [3.8, 4) is 11.3 Å². The molecular formula is C22H21F2N3O3. The van der Waals surface area contributed by atoms with Crippen molar-refractivity contribution in [2.24, 2.45) is 0 Å². The third-order valence-corrected chi connectivity index (χ3v) is 4.84. The summed E-state index contributed by atoms with van der Waals surface area (Å²) < 4.78 is 37.7. The molecule has 4 rings (SSSR count). The van der Waals surface area contributed by atoms with Gasteiger partial charge in [-0.1, -0.05) is 0 Å². The number of nitrogens with one attached hydrogen (secondary N) is 1. The van der Waals surface area contributed by atoms with Crippen LogP contribution < -0.4 is 10.2 Å². The van der Waals surface area contributed by atoms with Gasteiger partial charge in [-0.25, -0.2) is 13.8 Å². The van der Waals surface area contributed by atoms with E-state index in [1.165, 1.54) is 12.3 Å². The highest BCUT2D eigenvalue weighted by Gasteiger charge is 2.14. The fourth-order valence-electron chi connectivity index (χ4n) is 3.26. The summed E-state index contributed by atoms with van der Waals surface area (Å²) in [6.45, 7) is 3.14. The number of amides is 1. The number of aromatic nitrogens is 1. The molecule has 0 unspecified atom stereocenters. The number of hydrogen-bond acceptors (Lipinski definition) is 5. The molecule has 0 spiro atoms. The van der Waals surface area contributed by atoms with Crippen LogP contribution in [-0.2, 0) is 16.0 Å². The molecule has 1 aromatic heterocycles. The average Bonchev–Trinajstić information content (AvgIpc) is 3.22. The van der Waals surface area contributed by atoms with Crippen LogP contribution in [0.1, 0.15) is 12.3 Å². The molecule has 2 aromatic carbocycles. The Morgan fingerprint density at radius 3 is 2.60 bits per heavy atom. The van der Waals surface area contributed by atoms with Crippen molar-refractivity contribution in [1.82, 2.24) is 4.98 Å². The maximum Gasteiger partial charge on any atom is 0.224 e. The lowest BCUT2D eigenvalue weighted by Crippen LogP contribution is -2.36. The fraction of sp³-hybridized carbons (Fsp3) is 0.273. The van der Waals surface area contributed by atoms with Gasteiger partial charge in [0.05, 0.1) is 25.0 Å². The molecule has 1 saturated heterocycles. The lowest BCUT2D eigenvalue weighted by molar-refractivity contribution is -0.116. The van der Waals surface area contributed by atoms with Gasteiger partial charge >= 0.3 is 0 Å². The number of benzene rings is 2. The second kappa shape index (κ2) is 9.04. The zero-order valence-electron chi connectivity index (χ0n) is 16.2. The summed E-state index contributed by atoms with van der Waals surface area (Å²) >= 11 is 0. The highest BCUT2D eigenvalue weighted by Crippen LogP contribution is 2.25. The van der Waals surface area contributed by atoms with Crippen molar-refractivity contribution in [1.29, 1.82) is 0 Å². The predicted octanol–water partition coefficient (Wildman–Crippen LogP) is 4.03. The van der Waals surface area contributed by atoms with Gasteiger partial charge in [-0.15, -0.1) is 0 Å². The molecule has 1 fully saturated rings. The third kappa shape index (κ3) is 4.83. The Hall–Kier alpha value is -3.26. The second-order valence-corrected chi connectivity index (χ2v) is 6.94. The summed E-state index contributed by atoms with van der Waals surface area (Å²) in [5, 5.41) is 2.84. The van der Waals surface area contributed by atoms with Gasteiger partial charge in [-0.3, -0.25) is 4.79 Å². The largest absolute Gasteiger partial charge is 0.441 e. The van der Waals surface area contributed by atoms with Gasteiger partial charge in [-0.2, -0.15) is 0 Å². The summed E-state index contributed by atoms with van der Waals surface area (Å²) in [4.78, 5) is 18.5. The first-order valence-corrected chi connectivity index (χ1v) is 9.71. The van der Waals surface area contributed by atoms with E-state index >= 15 is 0 Å². The van der Waals surface area contributed by atoms with Gasteiger partial charge in [0.1, 0.15) is 11.6 Å². The molecule has 156 valence electrons. The van der Waals surface area contributed by atoms with E-state index < -0.39 is 11.6 Å². The Labute approximate surface area is 172 Å². The summed E-state index contributed by atoms with van der Waals surface area (Å²) in [5.41, 5.74) is 1.93. The van der Waals surface area contributed by atoms with E-state index in [1.54, 1.807) is 0 Å². The maximum atomic E-state index is 13.8. The van der Waals surface area contributed by atoms with Crippen molar-refractivity contribution < 1.29 is 22.7 Å². The minimum absolute atomic E-state index is 0.125. The molecule has 0 bridgehead atoms. The first-order valence-electron chi connectivity index (χ1n) is 9.71. The molecule has 0 aliphatic carbocycles. The maximum absolute atomic E-state index is 13.8. The number of morpholine rings is 1. The Kier molecular flexibility index (Phi) is 6.04. The standard InChI is InChI=1S/C22H21F2N3O3/c23-15-1-6-18(19(24)13-15)20-14-25-22(30-20)8-7-21(28)26-16-2-4-17(5-3-16)27-9-11-29-12-10-27/h1-6,13-14H,7-12H2,(H,26,28). The van der Waals surface area contributed by atoms with Crippen molar-refractivity contribution in [2.45, 2.75) is 12.8 Å². The van der Waals surface area contributed by atoms with Crippen LogP contribution in [0.15, 0.2) is 53.1 Å². The molecule has 1 amide bonds. The van der Waals surface area contributed by atoms with Gasteiger partial charge < -0.3 is 19.4 Å². The van der Waals surface area contributed by atoms with Crippen LogP contribution in [0.4, 0.5) is 20.2 Å². The van der Waals surface area contributed by atoms with E-state index in [4.69, 9.17) is 9.15 Å². The number of halogens is 2. The summed E-state index contributed by atoms with van der Waals surface area (Å²) in [6, 6.07) is 10.9. The molecule has 2 heterocycles. The number of hydrogen-bond donors (Lipinski definition) is 1. The van der Waals surface area contributed by atoms with Crippen LogP contribution in [-0.4, -0.2) is 37.2 Å². The number of anilines is 2. The van der Waals surface area contributed by atoms with E-state index in [-0.39, 0.29) is 30.1 Å². The molecule has 1 aliphatic heterocycles. The Bertz CT molecular complexity index is 1010. The molecule has 3 aromatic rings. The second-order valence-electron chi connectivity index (χ2n) is 6.94. The Balaban J connectivity index is 1.30. The fourth-order valence-corrected chi connectivity index (χ4v) is 3.26. The Morgan fingerprint density at radius 2 is 1.87 bits per heavy atom.